The predicted octanol–water partition coefficient (Wildman–Crippen LogP) is 3.61. The number of allylic oxidation sites excluding steroid dienone is 3. The number of carbonyl (C=O) groups is 1. The smallest absolute Gasteiger partial charge is 0.267 e. The molecule has 1 atom stereocenters. The van der Waals surface area contributed by atoms with Crippen LogP contribution in [-0.4, -0.2) is 16.5 Å². The highest BCUT2D eigenvalue weighted by Gasteiger charge is 2.21. The van der Waals surface area contributed by atoms with Gasteiger partial charge in [0.2, 0.25) is 0 Å². The molecule has 0 aromatic heterocycles. The molecule has 120 valence electrons. The number of amides is 1. The summed E-state index contributed by atoms with van der Waals surface area (Å²) in [5.41, 5.74) is 5.04. The largest absolute Gasteiger partial charge is 0.282 e. The number of nitro groups is 1. The Morgan fingerprint density at radius 3 is 2.78 bits per heavy atom. The first kappa shape index (κ1) is 16.6. The van der Waals surface area contributed by atoms with Gasteiger partial charge in [-0.3, -0.25) is 14.9 Å². The van der Waals surface area contributed by atoms with Crippen LogP contribution in [0.2, 0.25) is 0 Å². The summed E-state index contributed by atoms with van der Waals surface area (Å²) >= 11 is 0. The van der Waals surface area contributed by atoms with Crippen molar-refractivity contribution in [1.82, 2.24) is 5.43 Å². The van der Waals surface area contributed by atoms with Gasteiger partial charge in [0.25, 0.3) is 11.6 Å². The zero-order valence-corrected chi connectivity index (χ0v) is 13.2. The summed E-state index contributed by atoms with van der Waals surface area (Å²) in [4.78, 5) is 22.6. The fourth-order valence-corrected chi connectivity index (χ4v) is 2.43. The molecule has 0 spiro atoms. The van der Waals surface area contributed by atoms with Crippen molar-refractivity contribution in [3.8, 4) is 0 Å². The molecule has 0 aliphatic heterocycles. The molecule has 1 aliphatic rings. The average molecular weight is 313 g/mol. The number of hydrogen-bond acceptors (Lipinski definition) is 4. The monoisotopic (exact) mass is 313 g/mol. The Balaban J connectivity index is 2.18. The molecule has 1 N–H and O–H groups in total. The second kappa shape index (κ2) is 7.00. The molecule has 0 bridgehead atoms. The number of rotatable bonds is 4. The number of benzene rings is 1. The second-order valence-electron chi connectivity index (χ2n) is 5.64. The molecular weight excluding hydrogens is 294 g/mol. The number of hydrogen-bond donors (Lipinski definition) is 1. The maximum atomic E-state index is 12.2. The molecule has 0 saturated heterocycles. The average Bonchev–Trinajstić information content (AvgIpc) is 2.53. The van der Waals surface area contributed by atoms with Crippen LogP contribution in [-0.2, 0) is 0 Å². The predicted molar refractivity (Wildman–Crippen MR) is 89.3 cm³/mol. The lowest BCUT2D eigenvalue weighted by molar-refractivity contribution is -0.385. The third-order valence-corrected chi connectivity index (χ3v) is 3.94. The van der Waals surface area contributed by atoms with Crippen LogP contribution in [0.5, 0.6) is 0 Å². The highest BCUT2D eigenvalue weighted by Crippen LogP contribution is 2.26. The number of hydrazone groups is 1. The van der Waals surface area contributed by atoms with E-state index in [9.17, 15) is 14.9 Å². The first-order valence-electron chi connectivity index (χ1n) is 7.33. The fourth-order valence-electron chi connectivity index (χ4n) is 2.43. The van der Waals surface area contributed by atoms with Crippen LogP contribution in [0.15, 0.2) is 53.2 Å². The van der Waals surface area contributed by atoms with E-state index in [1.54, 1.807) is 6.07 Å². The van der Waals surface area contributed by atoms with Crippen LogP contribution >= 0.6 is 0 Å². The van der Waals surface area contributed by atoms with Crippen molar-refractivity contribution in [3.63, 3.8) is 0 Å². The Morgan fingerprint density at radius 2 is 2.13 bits per heavy atom. The summed E-state index contributed by atoms with van der Waals surface area (Å²) in [6.07, 6.45) is 3.69. The Kier molecular flexibility index (Phi) is 5.05. The molecule has 0 unspecified atom stereocenters. The van der Waals surface area contributed by atoms with Crippen LogP contribution in [0.3, 0.4) is 0 Å². The zero-order valence-electron chi connectivity index (χ0n) is 13.2. The maximum Gasteiger partial charge on any atom is 0.282 e. The van der Waals surface area contributed by atoms with E-state index in [0.717, 1.165) is 23.3 Å². The quantitative estimate of drug-likeness (QED) is 0.523. The van der Waals surface area contributed by atoms with Gasteiger partial charge < -0.3 is 0 Å². The molecule has 1 amide bonds. The number of carbonyl (C=O) groups excluding carboxylic acids is 1. The normalized spacial score (nSPS) is 19.1. The fraction of sp³-hybridized carbons (Fsp3) is 0.294. The Labute approximate surface area is 134 Å². The molecule has 1 aromatic carbocycles. The minimum Gasteiger partial charge on any atom is -0.267 e. The van der Waals surface area contributed by atoms with Gasteiger partial charge in [-0.05, 0) is 44.2 Å². The maximum absolute atomic E-state index is 12.2. The van der Waals surface area contributed by atoms with Gasteiger partial charge in [-0.2, -0.15) is 5.10 Å². The van der Waals surface area contributed by atoms with Crippen LogP contribution in [0.4, 0.5) is 5.69 Å². The van der Waals surface area contributed by atoms with Gasteiger partial charge in [0.1, 0.15) is 5.56 Å². The molecule has 0 heterocycles. The molecule has 2 rings (SSSR count). The van der Waals surface area contributed by atoms with E-state index in [1.165, 1.54) is 18.2 Å². The summed E-state index contributed by atoms with van der Waals surface area (Å²) in [5, 5.41) is 15.1. The van der Waals surface area contributed by atoms with Gasteiger partial charge in [-0.15, -0.1) is 0 Å². The van der Waals surface area contributed by atoms with Crippen LogP contribution in [0.25, 0.3) is 0 Å². The van der Waals surface area contributed by atoms with E-state index >= 15 is 0 Å². The van der Waals surface area contributed by atoms with E-state index in [1.807, 2.05) is 13.8 Å². The highest BCUT2D eigenvalue weighted by molar-refractivity contribution is 6.03. The lowest BCUT2D eigenvalue weighted by Crippen LogP contribution is -2.23. The molecule has 6 nitrogen and oxygen atoms in total. The molecule has 6 heteroatoms. The summed E-state index contributed by atoms with van der Waals surface area (Å²) in [6.45, 7) is 7.88. The van der Waals surface area contributed by atoms with Crippen molar-refractivity contribution < 1.29 is 9.72 Å². The van der Waals surface area contributed by atoms with Crippen molar-refractivity contribution >= 4 is 17.3 Å². The summed E-state index contributed by atoms with van der Waals surface area (Å²) in [6, 6.07) is 5.81. The topological polar surface area (TPSA) is 84.6 Å². The standard InChI is InChI=1S/C17H19N3O3/c1-11(2)13-9-8-12(3)15(10-13)18-19-17(21)14-6-4-5-7-16(14)20(22)23/h4-8,13H,1,9-10H2,2-3H3,(H,19,21)/b18-15+/t13-/m0/s1. The van der Waals surface area contributed by atoms with E-state index in [0.29, 0.717) is 12.3 Å². The molecular formula is C17H19N3O3. The number of nitrogens with zero attached hydrogens (tertiary/aromatic N) is 2. The van der Waals surface area contributed by atoms with E-state index in [4.69, 9.17) is 0 Å². The van der Waals surface area contributed by atoms with Gasteiger partial charge in [-0.25, -0.2) is 5.43 Å². The minimum atomic E-state index is -0.588. The third kappa shape index (κ3) is 3.91. The number of nitro benzene ring substituents is 1. The van der Waals surface area contributed by atoms with Crippen LogP contribution in [0, 0.1) is 16.0 Å². The second-order valence-corrected chi connectivity index (χ2v) is 5.64. The van der Waals surface area contributed by atoms with E-state index in [2.05, 4.69) is 23.2 Å². The van der Waals surface area contributed by atoms with Gasteiger partial charge in [0, 0.05) is 6.07 Å². The molecule has 0 saturated carbocycles. The lowest BCUT2D eigenvalue weighted by atomic mass is 9.85. The SMILES string of the molecule is C=C(C)[C@H]1CC=C(C)/C(=N/NC(=O)c2ccccc2[N+](=O)[O-])C1. The van der Waals surface area contributed by atoms with Crippen LogP contribution in [0.1, 0.15) is 37.0 Å². The van der Waals surface area contributed by atoms with Gasteiger partial charge in [0.15, 0.2) is 0 Å². The molecule has 23 heavy (non-hydrogen) atoms. The molecule has 0 radical (unpaired) electrons. The van der Waals surface area contributed by atoms with Gasteiger partial charge >= 0.3 is 0 Å². The lowest BCUT2D eigenvalue weighted by Gasteiger charge is -2.22. The minimum absolute atomic E-state index is 0.00394. The summed E-state index contributed by atoms with van der Waals surface area (Å²) in [7, 11) is 0. The van der Waals surface area contributed by atoms with Crippen molar-refractivity contribution in [2.75, 3.05) is 0 Å². The number of nitrogens with one attached hydrogen (secondary N) is 1. The highest BCUT2D eigenvalue weighted by atomic mass is 16.6. The van der Waals surface area contributed by atoms with Crippen LogP contribution < -0.4 is 5.43 Å². The van der Waals surface area contributed by atoms with Gasteiger partial charge in [-0.1, -0.05) is 30.4 Å². The Bertz CT molecular complexity index is 720. The Morgan fingerprint density at radius 1 is 1.43 bits per heavy atom. The zero-order chi connectivity index (χ0) is 17.0. The van der Waals surface area contributed by atoms with Crippen molar-refractivity contribution in [2.24, 2.45) is 11.0 Å². The molecule has 1 aliphatic carbocycles. The van der Waals surface area contributed by atoms with E-state index in [-0.39, 0.29) is 11.3 Å². The molecule has 1 aromatic rings. The van der Waals surface area contributed by atoms with Crippen molar-refractivity contribution in [2.45, 2.75) is 26.7 Å². The first-order valence-corrected chi connectivity index (χ1v) is 7.33. The third-order valence-electron chi connectivity index (χ3n) is 3.94. The summed E-state index contributed by atoms with van der Waals surface area (Å²) < 4.78 is 0. The number of para-hydroxylation sites is 1. The van der Waals surface area contributed by atoms with E-state index < -0.39 is 10.8 Å². The van der Waals surface area contributed by atoms with Crippen molar-refractivity contribution in [3.05, 3.63) is 63.7 Å². The van der Waals surface area contributed by atoms with Gasteiger partial charge in [0.05, 0.1) is 10.6 Å². The Hall–Kier alpha value is -2.76. The van der Waals surface area contributed by atoms with Crippen molar-refractivity contribution in [1.29, 1.82) is 0 Å². The molecule has 0 fully saturated rings. The summed E-state index contributed by atoms with van der Waals surface area (Å²) in [5.74, 6) is -0.282. The first-order chi connectivity index (χ1) is 10.9.